The summed E-state index contributed by atoms with van der Waals surface area (Å²) < 4.78 is 0. The number of amides is 2. The number of nitrogens with zero attached hydrogens (tertiary/aromatic N) is 2. The Morgan fingerprint density at radius 2 is 2.13 bits per heavy atom. The van der Waals surface area contributed by atoms with Crippen LogP contribution < -0.4 is 21.1 Å². The highest BCUT2D eigenvalue weighted by atomic mass is 35.5. The minimum absolute atomic E-state index is 0.122. The number of fused-ring (bicyclic) bond motifs is 1. The highest BCUT2D eigenvalue weighted by molar-refractivity contribution is 6.31. The molecule has 8 nitrogen and oxygen atoms in total. The van der Waals surface area contributed by atoms with Gasteiger partial charge >= 0.3 is 0 Å². The van der Waals surface area contributed by atoms with Gasteiger partial charge in [0.15, 0.2) is 0 Å². The van der Waals surface area contributed by atoms with E-state index in [-0.39, 0.29) is 23.7 Å². The van der Waals surface area contributed by atoms with E-state index < -0.39 is 17.4 Å². The van der Waals surface area contributed by atoms with Crippen molar-refractivity contribution < 1.29 is 9.59 Å². The van der Waals surface area contributed by atoms with Crippen molar-refractivity contribution in [3.05, 3.63) is 44.7 Å². The van der Waals surface area contributed by atoms with Crippen LogP contribution in [0.1, 0.15) is 43.2 Å². The fourth-order valence-corrected chi connectivity index (χ4v) is 4.24. The number of halogens is 1. The number of H-pyrrole nitrogens is 1. The Bertz CT molecular complexity index is 1070. The van der Waals surface area contributed by atoms with Gasteiger partial charge in [0.05, 0.1) is 11.5 Å². The molecule has 3 N–H and O–H groups in total. The molecule has 2 amide bonds. The maximum Gasteiger partial charge on any atom is 0.258 e. The van der Waals surface area contributed by atoms with E-state index in [1.807, 2.05) is 11.8 Å². The zero-order chi connectivity index (χ0) is 21.4. The fourth-order valence-electron chi connectivity index (χ4n) is 4.06. The van der Waals surface area contributed by atoms with E-state index in [4.69, 9.17) is 11.6 Å². The highest BCUT2D eigenvalue weighted by Gasteiger charge is 2.35. The Kier molecular flexibility index (Phi) is 5.51. The Hall–Kier alpha value is -2.87. The number of benzene rings is 1. The maximum absolute atomic E-state index is 13.0. The summed E-state index contributed by atoms with van der Waals surface area (Å²) in [5, 5.41) is 5.95. The lowest BCUT2D eigenvalue weighted by atomic mass is 9.92. The van der Waals surface area contributed by atoms with Gasteiger partial charge in [-0.2, -0.15) is 4.98 Å². The number of carbonyl (C=O) groups excluding carboxylic acids is 2. The lowest BCUT2D eigenvalue weighted by Gasteiger charge is -2.32. The van der Waals surface area contributed by atoms with Crippen LogP contribution in [0.25, 0.3) is 0 Å². The molecule has 3 heterocycles. The molecule has 0 aliphatic carbocycles. The number of hydrogen-bond acceptors (Lipinski definition) is 5. The van der Waals surface area contributed by atoms with Gasteiger partial charge in [-0.15, -0.1) is 0 Å². The Morgan fingerprint density at radius 1 is 1.33 bits per heavy atom. The molecular weight excluding hydrogens is 406 g/mol. The molecule has 1 aromatic heterocycles. The van der Waals surface area contributed by atoms with Crippen molar-refractivity contribution in [1.29, 1.82) is 0 Å². The number of anilines is 3. The predicted octanol–water partition coefficient (Wildman–Crippen LogP) is 3.03. The second-order valence-electron chi connectivity index (χ2n) is 8.10. The second-order valence-corrected chi connectivity index (χ2v) is 8.54. The van der Waals surface area contributed by atoms with Crippen molar-refractivity contribution in [2.24, 2.45) is 5.92 Å². The van der Waals surface area contributed by atoms with E-state index in [0.29, 0.717) is 22.6 Å². The van der Waals surface area contributed by atoms with Crippen LogP contribution in [0.15, 0.2) is 23.0 Å². The molecule has 2 aliphatic rings. The smallest absolute Gasteiger partial charge is 0.258 e. The largest absolute Gasteiger partial charge is 0.342 e. The van der Waals surface area contributed by atoms with E-state index in [1.165, 1.54) is 0 Å². The van der Waals surface area contributed by atoms with E-state index in [1.54, 1.807) is 18.2 Å². The van der Waals surface area contributed by atoms with Crippen LogP contribution in [-0.2, 0) is 9.59 Å². The minimum Gasteiger partial charge on any atom is -0.342 e. The van der Waals surface area contributed by atoms with Crippen LogP contribution in [0, 0.1) is 12.8 Å². The second kappa shape index (κ2) is 8.10. The molecule has 0 saturated carbocycles. The molecular formula is C21H24ClN5O3. The van der Waals surface area contributed by atoms with Gasteiger partial charge in [-0.05, 0) is 43.4 Å². The van der Waals surface area contributed by atoms with Crippen molar-refractivity contribution in [3.8, 4) is 0 Å². The van der Waals surface area contributed by atoms with Crippen LogP contribution in [-0.4, -0.2) is 34.9 Å². The van der Waals surface area contributed by atoms with Gasteiger partial charge in [-0.1, -0.05) is 24.6 Å². The molecule has 0 spiro atoms. The zero-order valence-electron chi connectivity index (χ0n) is 16.9. The van der Waals surface area contributed by atoms with Gasteiger partial charge in [0, 0.05) is 30.2 Å². The topological polar surface area (TPSA) is 107 Å². The first-order chi connectivity index (χ1) is 14.3. The minimum atomic E-state index is -0.933. The first kappa shape index (κ1) is 20.4. The van der Waals surface area contributed by atoms with Crippen LogP contribution in [0.2, 0.25) is 5.02 Å². The first-order valence-corrected chi connectivity index (χ1v) is 10.5. The Morgan fingerprint density at radius 3 is 2.90 bits per heavy atom. The maximum atomic E-state index is 13.0. The number of piperidine rings is 1. The predicted molar refractivity (Wildman–Crippen MR) is 116 cm³/mol. The highest BCUT2D eigenvalue weighted by Crippen LogP contribution is 2.31. The van der Waals surface area contributed by atoms with Crippen molar-refractivity contribution in [3.63, 3.8) is 0 Å². The van der Waals surface area contributed by atoms with Crippen molar-refractivity contribution in [2.45, 2.75) is 39.0 Å². The number of rotatable bonds is 3. The summed E-state index contributed by atoms with van der Waals surface area (Å²) in [6, 6.07) is 5.16. The Balaban J connectivity index is 1.66. The first-order valence-electron chi connectivity index (χ1n) is 10.1. The van der Waals surface area contributed by atoms with Crippen molar-refractivity contribution in [1.82, 2.24) is 9.97 Å². The van der Waals surface area contributed by atoms with Crippen LogP contribution >= 0.6 is 11.6 Å². The van der Waals surface area contributed by atoms with E-state index in [9.17, 15) is 14.4 Å². The van der Waals surface area contributed by atoms with Gasteiger partial charge in [-0.25, -0.2) is 0 Å². The molecule has 4 rings (SSSR count). The van der Waals surface area contributed by atoms with Crippen LogP contribution in [0.4, 0.5) is 17.5 Å². The lowest BCUT2D eigenvalue weighted by Crippen LogP contribution is -2.40. The van der Waals surface area contributed by atoms with Crippen molar-refractivity contribution >= 4 is 40.9 Å². The molecule has 2 atom stereocenters. The van der Waals surface area contributed by atoms with Gasteiger partial charge in [0.1, 0.15) is 5.82 Å². The van der Waals surface area contributed by atoms with Crippen LogP contribution in [0.3, 0.4) is 0 Å². The van der Waals surface area contributed by atoms with Gasteiger partial charge in [0.25, 0.3) is 5.56 Å². The summed E-state index contributed by atoms with van der Waals surface area (Å²) in [5.74, 6) is -0.639. The fraction of sp³-hybridized carbons (Fsp3) is 0.429. The molecule has 0 radical (unpaired) electrons. The van der Waals surface area contributed by atoms with Gasteiger partial charge in [0.2, 0.25) is 17.8 Å². The summed E-state index contributed by atoms with van der Waals surface area (Å²) in [4.78, 5) is 47.5. The molecule has 1 fully saturated rings. The summed E-state index contributed by atoms with van der Waals surface area (Å²) in [5.41, 5.74) is 1.15. The summed E-state index contributed by atoms with van der Waals surface area (Å²) >= 11 is 6.03. The van der Waals surface area contributed by atoms with E-state index >= 15 is 0 Å². The number of aromatic nitrogens is 2. The van der Waals surface area contributed by atoms with Gasteiger partial charge in [-0.3, -0.25) is 19.4 Å². The standard InChI is InChI=1S/C21H24ClN5O3/c1-11-4-3-7-27(10-11)21-25-18-17(20(30)26-21)14(9-16(28)24-18)19(29)23-15-8-13(22)6-5-12(15)2/h5-6,8,11,14H,3-4,7,9-10H2,1-2H3,(H,23,29)(H2,24,25,26,28,30)/t11-,14-/m1/s1. The van der Waals surface area contributed by atoms with E-state index in [2.05, 4.69) is 27.5 Å². The molecule has 2 aliphatic heterocycles. The molecule has 0 bridgehead atoms. The third-order valence-electron chi connectivity index (χ3n) is 5.67. The third kappa shape index (κ3) is 4.05. The molecule has 0 unspecified atom stereocenters. The van der Waals surface area contributed by atoms with Gasteiger partial charge < -0.3 is 15.5 Å². The molecule has 1 saturated heterocycles. The third-order valence-corrected chi connectivity index (χ3v) is 5.90. The summed E-state index contributed by atoms with van der Waals surface area (Å²) in [6.45, 7) is 5.57. The average molecular weight is 430 g/mol. The zero-order valence-corrected chi connectivity index (χ0v) is 17.7. The SMILES string of the molecule is Cc1ccc(Cl)cc1NC(=O)[C@@H]1CC(=O)Nc2nc(N3CCC[C@@H](C)C3)[nH]c(=O)c21. The lowest BCUT2D eigenvalue weighted by molar-refractivity contribution is -0.123. The molecule has 9 heteroatoms. The molecule has 1 aromatic carbocycles. The summed E-state index contributed by atoms with van der Waals surface area (Å²) in [6.07, 6.45) is 2.02. The monoisotopic (exact) mass is 429 g/mol. The summed E-state index contributed by atoms with van der Waals surface area (Å²) in [7, 11) is 0. The quantitative estimate of drug-likeness (QED) is 0.695. The number of carbonyl (C=O) groups is 2. The molecule has 30 heavy (non-hydrogen) atoms. The van der Waals surface area contributed by atoms with Crippen molar-refractivity contribution in [2.75, 3.05) is 28.6 Å². The average Bonchev–Trinajstić information content (AvgIpc) is 2.69. The number of hydrogen-bond donors (Lipinski definition) is 3. The molecule has 2 aromatic rings. The number of nitrogens with one attached hydrogen (secondary N) is 3. The van der Waals surface area contributed by atoms with E-state index in [0.717, 1.165) is 31.5 Å². The normalized spacial score (nSPS) is 21.0. The number of aryl methyl sites for hydroxylation is 1. The van der Waals surface area contributed by atoms with Crippen LogP contribution in [0.5, 0.6) is 0 Å². The Labute approximate surface area is 179 Å². The molecule has 158 valence electrons. The number of aromatic amines is 1.